The molecule has 0 fully saturated rings. The normalized spacial score (nSPS) is 38.2. The van der Waals surface area contributed by atoms with Crippen LogP contribution in [0.15, 0.2) is 50.3 Å². The Bertz CT molecular complexity index is 1480. The highest BCUT2D eigenvalue weighted by molar-refractivity contribution is 6.22. The van der Waals surface area contributed by atoms with Crippen LogP contribution in [0.2, 0.25) is 0 Å². The summed E-state index contributed by atoms with van der Waals surface area (Å²) in [5, 5.41) is 0. The fraction of sp³-hybridized carbons (Fsp3) is 0.611. The maximum absolute atomic E-state index is 14.8. The second-order valence-electron chi connectivity index (χ2n) is 14.8. The van der Waals surface area contributed by atoms with Gasteiger partial charge < -0.3 is 0 Å². The van der Waals surface area contributed by atoms with Gasteiger partial charge in [0.2, 0.25) is 0 Å². The molecule has 1 aromatic rings. The molecule has 8 nitrogen and oxygen atoms in total. The molecule has 4 aliphatic heterocycles. The van der Waals surface area contributed by atoms with Crippen LogP contribution < -0.4 is 0 Å². The molecule has 0 saturated heterocycles. The summed E-state index contributed by atoms with van der Waals surface area (Å²) in [4.78, 5) is 76.6. The molecule has 0 radical (unpaired) electrons. The molecule has 0 aromatic heterocycles. The second-order valence-corrected chi connectivity index (χ2v) is 14.8. The molecule has 0 spiro atoms. The summed E-state index contributed by atoms with van der Waals surface area (Å²) in [6, 6.07) is 9.58. The average Bonchev–Trinajstić information content (AvgIpc) is 3.64. The number of carbonyl (C=O) groups excluding carboxylic acids is 4. The van der Waals surface area contributed by atoms with Crippen molar-refractivity contribution in [3.05, 3.63) is 35.9 Å². The van der Waals surface area contributed by atoms with E-state index in [1.807, 2.05) is 65.0 Å². The first kappa shape index (κ1) is 32.0. The van der Waals surface area contributed by atoms with E-state index in [9.17, 15) is 19.2 Å². The van der Waals surface area contributed by atoms with Crippen molar-refractivity contribution in [2.75, 3.05) is 0 Å². The van der Waals surface area contributed by atoms with Gasteiger partial charge >= 0.3 is 0 Å². The fourth-order valence-electron chi connectivity index (χ4n) is 8.15. The van der Waals surface area contributed by atoms with Crippen molar-refractivity contribution >= 4 is 48.0 Å². The standard InChI is InChI=1S/C36H46N4O4/c1-21(2)14-33(8)30(42)26(18-37-33)34(15-22(3)4)31(43)28(20-39-34)36(23(5)6)32(44)27(19-40-36)35(29(41)24(7)17-38-35)16-25-12-10-9-11-13-25/h9-13,17-24,26-28H,14-16H2,1-8H3/t24?,26?,27?,28?,33-,34+,35+,36+/m1/s1. The number of nitrogens with zero attached hydrogens (tertiary/aromatic N) is 4. The van der Waals surface area contributed by atoms with Gasteiger partial charge in [-0.3, -0.25) is 39.1 Å². The van der Waals surface area contributed by atoms with Gasteiger partial charge in [0.25, 0.3) is 0 Å². The number of aliphatic imine (C=N–C) groups is 4. The van der Waals surface area contributed by atoms with Crippen LogP contribution in [-0.4, -0.2) is 70.1 Å². The van der Waals surface area contributed by atoms with Crippen molar-refractivity contribution < 1.29 is 19.2 Å². The second kappa shape index (κ2) is 11.2. The summed E-state index contributed by atoms with van der Waals surface area (Å²) >= 11 is 0. The summed E-state index contributed by atoms with van der Waals surface area (Å²) in [5.41, 5.74) is -4.18. The Morgan fingerprint density at radius 3 is 1.77 bits per heavy atom. The van der Waals surface area contributed by atoms with Gasteiger partial charge in [0.15, 0.2) is 23.1 Å². The van der Waals surface area contributed by atoms with Gasteiger partial charge in [-0.15, -0.1) is 0 Å². The van der Waals surface area contributed by atoms with E-state index in [1.165, 1.54) is 0 Å². The number of ketones is 4. The fourth-order valence-corrected chi connectivity index (χ4v) is 8.15. The van der Waals surface area contributed by atoms with Crippen molar-refractivity contribution in [1.82, 2.24) is 0 Å². The number of hydrogen-bond donors (Lipinski definition) is 0. The molecule has 4 heterocycles. The van der Waals surface area contributed by atoms with Crippen molar-refractivity contribution in [2.45, 2.75) is 96.8 Å². The van der Waals surface area contributed by atoms with Crippen LogP contribution in [0.4, 0.5) is 0 Å². The largest absolute Gasteiger partial charge is 0.296 e. The highest BCUT2D eigenvalue weighted by Gasteiger charge is 2.67. The number of Topliss-reactive ketones (excluding diaryl/α,β-unsaturated/α-hetero) is 4. The number of benzene rings is 1. The smallest absolute Gasteiger partial charge is 0.173 e. The van der Waals surface area contributed by atoms with Gasteiger partial charge in [0.1, 0.15) is 22.2 Å². The zero-order chi connectivity index (χ0) is 32.2. The molecule has 44 heavy (non-hydrogen) atoms. The average molecular weight is 599 g/mol. The molecule has 234 valence electrons. The highest BCUT2D eigenvalue weighted by atomic mass is 16.2. The Morgan fingerprint density at radius 2 is 1.20 bits per heavy atom. The van der Waals surface area contributed by atoms with Gasteiger partial charge in [-0.1, -0.05) is 78.8 Å². The van der Waals surface area contributed by atoms with Crippen molar-refractivity contribution in [3.63, 3.8) is 0 Å². The predicted molar refractivity (Wildman–Crippen MR) is 174 cm³/mol. The molecule has 4 unspecified atom stereocenters. The van der Waals surface area contributed by atoms with Gasteiger partial charge in [-0.25, -0.2) is 0 Å². The van der Waals surface area contributed by atoms with E-state index in [0.29, 0.717) is 12.8 Å². The van der Waals surface area contributed by atoms with E-state index in [-0.39, 0.29) is 47.3 Å². The first-order chi connectivity index (χ1) is 20.6. The third kappa shape index (κ3) is 4.71. The van der Waals surface area contributed by atoms with E-state index in [2.05, 4.69) is 18.8 Å². The predicted octanol–water partition coefficient (Wildman–Crippen LogP) is 5.05. The lowest BCUT2D eigenvalue weighted by Gasteiger charge is -2.39. The summed E-state index contributed by atoms with van der Waals surface area (Å²) in [6.45, 7) is 15.5. The van der Waals surface area contributed by atoms with Crippen LogP contribution in [0.5, 0.6) is 0 Å². The molecule has 8 atom stereocenters. The topological polar surface area (TPSA) is 118 Å². The van der Waals surface area contributed by atoms with E-state index in [1.54, 1.807) is 31.8 Å². The lowest BCUT2D eigenvalue weighted by atomic mass is 9.62. The SMILES string of the molecule is CC(C)C[C@@]1(C)N=CC([C@]2(CC(C)C)N=CC([C@]3(C(C)C)N=CC([C@]4(Cc5ccccc5)N=CC(C)C4=O)C3=O)C2=O)C1=O. The molecule has 0 saturated carbocycles. The van der Waals surface area contributed by atoms with E-state index >= 15 is 0 Å². The molecule has 5 rings (SSSR count). The van der Waals surface area contributed by atoms with Gasteiger partial charge in [-0.2, -0.15) is 0 Å². The van der Waals surface area contributed by atoms with Crippen LogP contribution in [-0.2, 0) is 25.6 Å². The van der Waals surface area contributed by atoms with Crippen molar-refractivity contribution in [3.8, 4) is 0 Å². The van der Waals surface area contributed by atoms with Crippen molar-refractivity contribution in [2.24, 2.45) is 61.4 Å². The van der Waals surface area contributed by atoms with Crippen LogP contribution in [0.1, 0.15) is 73.8 Å². The molecule has 0 N–H and O–H groups in total. The van der Waals surface area contributed by atoms with Crippen molar-refractivity contribution in [1.29, 1.82) is 0 Å². The molecule has 0 aliphatic carbocycles. The van der Waals surface area contributed by atoms with E-state index in [0.717, 1.165) is 5.56 Å². The zero-order valence-electron chi connectivity index (χ0n) is 27.3. The van der Waals surface area contributed by atoms with Crippen LogP contribution in [0.3, 0.4) is 0 Å². The monoisotopic (exact) mass is 598 g/mol. The third-order valence-corrected chi connectivity index (χ3v) is 10.2. The molecule has 0 bridgehead atoms. The highest BCUT2D eigenvalue weighted by Crippen LogP contribution is 2.50. The Balaban J connectivity index is 1.54. The number of rotatable bonds is 10. The molecule has 0 amide bonds. The maximum Gasteiger partial charge on any atom is 0.173 e. The van der Waals surface area contributed by atoms with Gasteiger partial charge in [0, 0.05) is 31.3 Å². The summed E-state index contributed by atoms with van der Waals surface area (Å²) < 4.78 is 0. The van der Waals surface area contributed by atoms with E-state index < -0.39 is 45.8 Å². The van der Waals surface area contributed by atoms with E-state index in [4.69, 9.17) is 15.0 Å². The minimum atomic E-state index is -1.46. The maximum atomic E-state index is 14.8. The molecule has 1 aromatic carbocycles. The lowest BCUT2D eigenvalue weighted by Crippen LogP contribution is -2.59. The summed E-state index contributed by atoms with van der Waals surface area (Å²) in [5.74, 6) is -4.00. The quantitative estimate of drug-likeness (QED) is 0.375. The molecular weight excluding hydrogens is 552 g/mol. The van der Waals surface area contributed by atoms with Crippen LogP contribution in [0.25, 0.3) is 0 Å². The minimum Gasteiger partial charge on any atom is -0.296 e. The Morgan fingerprint density at radius 1 is 0.636 bits per heavy atom. The first-order valence-corrected chi connectivity index (χ1v) is 16.1. The zero-order valence-corrected chi connectivity index (χ0v) is 27.3. The summed E-state index contributed by atoms with van der Waals surface area (Å²) in [7, 11) is 0. The molecular formula is C36H46N4O4. The van der Waals surface area contributed by atoms with Gasteiger partial charge in [0.05, 0.1) is 23.7 Å². The number of carbonyl (C=O) groups is 4. The molecule has 4 aliphatic rings. The lowest BCUT2D eigenvalue weighted by molar-refractivity contribution is -0.140. The van der Waals surface area contributed by atoms with Crippen LogP contribution in [0, 0.1) is 41.4 Å². The first-order valence-electron chi connectivity index (χ1n) is 16.1. The molecule has 8 heteroatoms. The Kier molecular flexibility index (Phi) is 8.13. The Hall–Kier alpha value is -3.42. The van der Waals surface area contributed by atoms with Crippen LogP contribution >= 0.6 is 0 Å². The van der Waals surface area contributed by atoms with Gasteiger partial charge in [-0.05, 0) is 43.1 Å². The Labute approximate surface area is 261 Å². The minimum absolute atomic E-state index is 0.0552. The number of hydrogen-bond acceptors (Lipinski definition) is 8. The summed E-state index contributed by atoms with van der Waals surface area (Å²) in [6.07, 6.45) is 7.61. The third-order valence-electron chi connectivity index (χ3n) is 10.2.